The van der Waals surface area contributed by atoms with Crippen LogP contribution in [-0.4, -0.2) is 49.6 Å². The van der Waals surface area contributed by atoms with Crippen LogP contribution in [0.25, 0.3) is 0 Å². The highest BCUT2D eigenvalue weighted by molar-refractivity contribution is 7.10. The number of nitrogens with one attached hydrogen (secondary N) is 2. The number of nitrogens with two attached hydrogens (primary N) is 1. The number of ether oxygens (including phenoxy) is 1. The lowest BCUT2D eigenvalue weighted by molar-refractivity contribution is -0.136. The summed E-state index contributed by atoms with van der Waals surface area (Å²) in [6.07, 6.45) is 0. The van der Waals surface area contributed by atoms with Crippen molar-refractivity contribution in [2.45, 2.75) is 12.6 Å². The lowest BCUT2D eigenvalue weighted by Crippen LogP contribution is -2.45. The summed E-state index contributed by atoms with van der Waals surface area (Å²) in [5.74, 6) is -1.32. The number of thiophene rings is 1. The Bertz CT molecular complexity index is 743. The number of amides is 2. The highest BCUT2D eigenvalue weighted by atomic mass is 32.1. The van der Waals surface area contributed by atoms with Crippen LogP contribution in [0.15, 0.2) is 41.8 Å². The van der Waals surface area contributed by atoms with E-state index < -0.39 is 11.8 Å². The summed E-state index contributed by atoms with van der Waals surface area (Å²) in [4.78, 5) is 27.8. The number of anilines is 1. The SMILES string of the molecule is NCc1ccc(NC(=O)C(=O)NCC(c2cccs2)N2CCOCC2)cc1. The lowest BCUT2D eigenvalue weighted by atomic mass is 10.2. The molecule has 1 saturated heterocycles. The molecule has 3 rings (SSSR count). The van der Waals surface area contributed by atoms with Gasteiger partial charge in [0.1, 0.15) is 0 Å². The molecule has 2 amide bonds. The molecule has 4 N–H and O–H groups in total. The van der Waals surface area contributed by atoms with E-state index in [4.69, 9.17) is 10.5 Å². The van der Waals surface area contributed by atoms with Gasteiger partial charge in [-0.3, -0.25) is 14.5 Å². The van der Waals surface area contributed by atoms with Gasteiger partial charge in [-0.15, -0.1) is 11.3 Å². The third-order valence-corrected chi connectivity index (χ3v) is 5.44. The zero-order chi connectivity index (χ0) is 19.1. The van der Waals surface area contributed by atoms with Crippen LogP contribution < -0.4 is 16.4 Å². The van der Waals surface area contributed by atoms with E-state index in [2.05, 4.69) is 21.6 Å². The molecule has 8 heteroatoms. The van der Waals surface area contributed by atoms with Crippen LogP contribution in [0.1, 0.15) is 16.5 Å². The molecule has 2 aromatic rings. The molecule has 0 radical (unpaired) electrons. The molecule has 2 heterocycles. The highest BCUT2D eigenvalue weighted by Gasteiger charge is 2.25. The van der Waals surface area contributed by atoms with Gasteiger partial charge >= 0.3 is 11.8 Å². The van der Waals surface area contributed by atoms with Crippen LogP contribution >= 0.6 is 11.3 Å². The minimum Gasteiger partial charge on any atom is -0.379 e. The normalized spacial score (nSPS) is 15.9. The number of hydrogen-bond donors (Lipinski definition) is 3. The van der Waals surface area contributed by atoms with E-state index >= 15 is 0 Å². The summed E-state index contributed by atoms with van der Waals surface area (Å²) in [5, 5.41) is 7.39. The lowest BCUT2D eigenvalue weighted by Gasteiger charge is -2.34. The predicted octanol–water partition coefficient (Wildman–Crippen LogP) is 1.33. The maximum atomic E-state index is 12.2. The topological polar surface area (TPSA) is 96.7 Å². The summed E-state index contributed by atoms with van der Waals surface area (Å²) >= 11 is 1.65. The van der Waals surface area contributed by atoms with Gasteiger partial charge < -0.3 is 21.1 Å². The molecule has 1 unspecified atom stereocenters. The molecule has 0 saturated carbocycles. The second-order valence-corrected chi connectivity index (χ2v) is 7.22. The maximum Gasteiger partial charge on any atom is 0.313 e. The van der Waals surface area contributed by atoms with Crippen molar-refractivity contribution in [1.29, 1.82) is 0 Å². The molecule has 1 atom stereocenters. The minimum absolute atomic E-state index is 0.0366. The summed E-state index contributed by atoms with van der Waals surface area (Å²) in [6.45, 7) is 3.76. The monoisotopic (exact) mass is 388 g/mol. The van der Waals surface area contributed by atoms with E-state index in [1.807, 2.05) is 23.6 Å². The average molecular weight is 388 g/mol. The third-order valence-electron chi connectivity index (χ3n) is 4.47. The highest BCUT2D eigenvalue weighted by Crippen LogP contribution is 2.25. The van der Waals surface area contributed by atoms with Crippen molar-refractivity contribution in [2.24, 2.45) is 5.73 Å². The van der Waals surface area contributed by atoms with Crippen molar-refractivity contribution < 1.29 is 14.3 Å². The van der Waals surface area contributed by atoms with E-state index in [0.29, 0.717) is 32.0 Å². The quantitative estimate of drug-likeness (QED) is 0.649. The van der Waals surface area contributed by atoms with Crippen LogP contribution in [0.2, 0.25) is 0 Å². The maximum absolute atomic E-state index is 12.2. The van der Waals surface area contributed by atoms with Crippen LogP contribution in [0.5, 0.6) is 0 Å². The fourth-order valence-electron chi connectivity index (χ4n) is 2.96. The summed E-state index contributed by atoms with van der Waals surface area (Å²) in [6, 6.07) is 11.2. The standard InChI is InChI=1S/C19H24N4O3S/c20-12-14-3-5-15(6-4-14)22-19(25)18(24)21-13-16(17-2-1-11-27-17)23-7-9-26-10-8-23/h1-6,11,16H,7-10,12-13,20H2,(H,21,24)(H,22,25). The van der Waals surface area contributed by atoms with Gasteiger partial charge in [-0.2, -0.15) is 0 Å². The molecular weight excluding hydrogens is 364 g/mol. The predicted molar refractivity (Wildman–Crippen MR) is 105 cm³/mol. The van der Waals surface area contributed by atoms with Crippen molar-refractivity contribution in [3.63, 3.8) is 0 Å². The number of benzene rings is 1. The average Bonchev–Trinajstić information content (AvgIpc) is 3.24. The molecule has 0 spiro atoms. The molecule has 0 aliphatic carbocycles. The van der Waals surface area contributed by atoms with E-state index in [1.54, 1.807) is 23.5 Å². The molecule has 144 valence electrons. The van der Waals surface area contributed by atoms with E-state index in [-0.39, 0.29) is 6.04 Å². The Kier molecular flexibility index (Phi) is 6.94. The molecule has 1 aliphatic rings. The fraction of sp³-hybridized carbons (Fsp3) is 0.368. The Labute approximate surface area is 162 Å². The molecule has 1 aromatic carbocycles. The number of hydrogen-bond acceptors (Lipinski definition) is 6. The van der Waals surface area contributed by atoms with E-state index in [9.17, 15) is 9.59 Å². The summed E-state index contributed by atoms with van der Waals surface area (Å²) in [5.41, 5.74) is 7.08. The Morgan fingerprint density at radius 1 is 1.15 bits per heavy atom. The van der Waals surface area contributed by atoms with Gasteiger partial charge in [0, 0.05) is 36.7 Å². The van der Waals surface area contributed by atoms with Crippen LogP contribution in [0, 0.1) is 0 Å². The van der Waals surface area contributed by atoms with Crippen molar-refractivity contribution >= 4 is 28.8 Å². The first-order chi connectivity index (χ1) is 13.2. The van der Waals surface area contributed by atoms with Gasteiger partial charge in [0.2, 0.25) is 0 Å². The molecular formula is C19H24N4O3S. The van der Waals surface area contributed by atoms with Crippen molar-refractivity contribution in [3.05, 3.63) is 52.2 Å². The van der Waals surface area contributed by atoms with Crippen LogP contribution in [0.3, 0.4) is 0 Å². The van der Waals surface area contributed by atoms with Gasteiger partial charge in [-0.05, 0) is 29.1 Å². The largest absolute Gasteiger partial charge is 0.379 e. The zero-order valence-electron chi connectivity index (χ0n) is 15.0. The van der Waals surface area contributed by atoms with Gasteiger partial charge in [0.25, 0.3) is 0 Å². The molecule has 7 nitrogen and oxygen atoms in total. The van der Waals surface area contributed by atoms with Crippen molar-refractivity contribution in [1.82, 2.24) is 10.2 Å². The molecule has 27 heavy (non-hydrogen) atoms. The van der Waals surface area contributed by atoms with Gasteiger partial charge in [0.15, 0.2) is 0 Å². The molecule has 1 aliphatic heterocycles. The van der Waals surface area contributed by atoms with E-state index in [0.717, 1.165) is 23.5 Å². The minimum atomic E-state index is -0.678. The van der Waals surface area contributed by atoms with Gasteiger partial charge in [-0.25, -0.2) is 0 Å². The van der Waals surface area contributed by atoms with Crippen LogP contribution in [0.4, 0.5) is 5.69 Å². The third kappa shape index (κ3) is 5.36. The Hall–Kier alpha value is -2.26. The number of morpholine rings is 1. The number of nitrogens with zero attached hydrogens (tertiary/aromatic N) is 1. The molecule has 0 bridgehead atoms. The van der Waals surface area contributed by atoms with Crippen LogP contribution in [-0.2, 0) is 20.9 Å². The summed E-state index contributed by atoms with van der Waals surface area (Å²) in [7, 11) is 0. The first-order valence-corrected chi connectivity index (χ1v) is 9.78. The number of carbonyl (C=O) groups is 2. The van der Waals surface area contributed by atoms with Crippen molar-refractivity contribution in [3.8, 4) is 0 Å². The second kappa shape index (κ2) is 9.61. The number of carbonyl (C=O) groups excluding carboxylic acids is 2. The fourth-order valence-corrected chi connectivity index (χ4v) is 3.82. The zero-order valence-corrected chi connectivity index (χ0v) is 15.8. The van der Waals surface area contributed by atoms with E-state index in [1.165, 1.54) is 0 Å². The van der Waals surface area contributed by atoms with Gasteiger partial charge in [-0.1, -0.05) is 18.2 Å². The first-order valence-electron chi connectivity index (χ1n) is 8.91. The Morgan fingerprint density at radius 3 is 2.52 bits per heavy atom. The second-order valence-electron chi connectivity index (χ2n) is 6.24. The van der Waals surface area contributed by atoms with Crippen molar-refractivity contribution in [2.75, 3.05) is 38.2 Å². The smallest absolute Gasteiger partial charge is 0.313 e. The Balaban J connectivity index is 1.57. The number of rotatable bonds is 6. The first kappa shape index (κ1) is 19.5. The Morgan fingerprint density at radius 2 is 1.89 bits per heavy atom. The summed E-state index contributed by atoms with van der Waals surface area (Å²) < 4.78 is 5.42. The molecule has 1 aromatic heterocycles. The van der Waals surface area contributed by atoms with Gasteiger partial charge in [0.05, 0.1) is 19.3 Å². The molecule has 1 fully saturated rings.